The second-order valence-electron chi connectivity index (χ2n) is 6.24. The zero-order valence-corrected chi connectivity index (χ0v) is 15.2. The largest absolute Gasteiger partial charge is 0.465 e. The molecule has 2 aromatic rings. The van der Waals surface area contributed by atoms with Gasteiger partial charge in [-0.3, -0.25) is 4.79 Å². The molecule has 1 aromatic carbocycles. The highest BCUT2D eigenvalue weighted by Gasteiger charge is 2.21. The number of amides is 1. The van der Waals surface area contributed by atoms with Gasteiger partial charge in [0.1, 0.15) is 0 Å². The zero-order valence-electron chi connectivity index (χ0n) is 14.4. The first-order valence-corrected chi connectivity index (χ1v) is 9.37. The summed E-state index contributed by atoms with van der Waals surface area (Å²) in [6, 6.07) is 5.38. The predicted molar refractivity (Wildman–Crippen MR) is 98.5 cm³/mol. The molecule has 0 aliphatic heterocycles. The summed E-state index contributed by atoms with van der Waals surface area (Å²) in [5, 5.41) is 0. The summed E-state index contributed by atoms with van der Waals surface area (Å²) in [6.45, 7) is 4.36. The molecular formula is C19H22N2O3S. The van der Waals surface area contributed by atoms with Gasteiger partial charge in [-0.1, -0.05) is 36.7 Å². The van der Waals surface area contributed by atoms with Crippen LogP contribution in [0.25, 0.3) is 10.2 Å². The van der Waals surface area contributed by atoms with Crippen LogP contribution in [0.3, 0.4) is 0 Å². The van der Waals surface area contributed by atoms with E-state index in [9.17, 15) is 9.59 Å². The molecule has 0 N–H and O–H groups in total. The first-order chi connectivity index (χ1) is 12.1. The van der Waals surface area contributed by atoms with Crippen LogP contribution < -0.4 is 4.80 Å². The predicted octanol–water partition coefficient (Wildman–Crippen LogP) is 3.68. The number of aromatic nitrogens is 1. The summed E-state index contributed by atoms with van der Waals surface area (Å²) in [7, 11) is 1.36. The summed E-state index contributed by atoms with van der Waals surface area (Å²) in [4.78, 5) is 29.4. The van der Waals surface area contributed by atoms with Gasteiger partial charge in [-0.15, -0.1) is 6.58 Å². The Labute approximate surface area is 150 Å². The molecule has 0 spiro atoms. The SMILES string of the molecule is C=CCn1c(=NC(=O)C2CCCCC2)sc2cc(C(=O)OC)ccc21. The van der Waals surface area contributed by atoms with Gasteiger partial charge in [0.05, 0.1) is 22.9 Å². The molecule has 25 heavy (non-hydrogen) atoms. The number of thiazole rings is 1. The van der Waals surface area contributed by atoms with E-state index < -0.39 is 0 Å². The number of methoxy groups -OCH3 is 1. The topological polar surface area (TPSA) is 60.7 Å². The van der Waals surface area contributed by atoms with E-state index in [0.717, 1.165) is 35.9 Å². The molecule has 3 rings (SSSR count). The Morgan fingerprint density at radius 1 is 1.36 bits per heavy atom. The fraction of sp³-hybridized carbons (Fsp3) is 0.421. The summed E-state index contributed by atoms with van der Waals surface area (Å²) in [6.07, 6.45) is 7.06. The van der Waals surface area contributed by atoms with E-state index in [1.54, 1.807) is 18.2 Å². The quantitative estimate of drug-likeness (QED) is 0.619. The van der Waals surface area contributed by atoms with E-state index in [-0.39, 0.29) is 17.8 Å². The Kier molecular flexibility index (Phi) is 5.48. The van der Waals surface area contributed by atoms with Gasteiger partial charge in [0.2, 0.25) is 0 Å². The number of esters is 1. The van der Waals surface area contributed by atoms with Crippen molar-refractivity contribution in [3.63, 3.8) is 0 Å². The van der Waals surface area contributed by atoms with Crippen LogP contribution in [-0.4, -0.2) is 23.6 Å². The van der Waals surface area contributed by atoms with Crippen molar-refractivity contribution in [2.45, 2.75) is 38.6 Å². The van der Waals surface area contributed by atoms with Crippen molar-refractivity contribution in [1.29, 1.82) is 0 Å². The standard InChI is InChI=1S/C19H22N2O3S/c1-3-11-21-15-10-9-14(18(23)24-2)12-16(15)25-19(21)20-17(22)13-7-5-4-6-8-13/h3,9-10,12-13H,1,4-8,11H2,2H3. The zero-order chi connectivity index (χ0) is 17.8. The van der Waals surface area contributed by atoms with Gasteiger partial charge < -0.3 is 9.30 Å². The highest BCUT2D eigenvalue weighted by molar-refractivity contribution is 7.16. The maximum atomic E-state index is 12.5. The van der Waals surface area contributed by atoms with Crippen molar-refractivity contribution in [3.8, 4) is 0 Å². The third-order valence-corrected chi connectivity index (χ3v) is 5.62. The van der Waals surface area contributed by atoms with Crippen LogP contribution >= 0.6 is 11.3 Å². The molecule has 0 saturated heterocycles. The molecule has 1 aliphatic carbocycles. The van der Waals surface area contributed by atoms with Crippen LogP contribution in [-0.2, 0) is 16.1 Å². The Morgan fingerprint density at radius 3 is 2.80 bits per heavy atom. The molecule has 0 radical (unpaired) electrons. The minimum atomic E-state index is -0.373. The molecule has 5 nitrogen and oxygen atoms in total. The number of hydrogen-bond donors (Lipinski definition) is 0. The molecule has 0 bridgehead atoms. The summed E-state index contributed by atoms with van der Waals surface area (Å²) < 4.78 is 7.65. The van der Waals surface area contributed by atoms with Crippen molar-refractivity contribution < 1.29 is 14.3 Å². The lowest BCUT2D eigenvalue weighted by molar-refractivity contribution is -0.122. The Morgan fingerprint density at radius 2 is 2.12 bits per heavy atom. The molecule has 6 heteroatoms. The van der Waals surface area contributed by atoms with Crippen LogP contribution in [0, 0.1) is 5.92 Å². The molecule has 1 fully saturated rings. The fourth-order valence-corrected chi connectivity index (χ4v) is 4.33. The summed E-state index contributed by atoms with van der Waals surface area (Å²) >= 11 is 1.42. The number of nitrogens with zero attached hydrogens (tertiary/aromatic N) is 2. The third kappa shape index (κ3) is 3.74. The molecule has 1 aromatic heterocycles. The molecular weight excluding hydrogens is 336 g/mol. The van der Waals surface area contributed by atoms with Crippen LogP contribution in [0.5, 0.6) is 0 Å². The van der Waals surface area contributed by atoms with Crippen LogP contribution in [0.1, 0.15) is 42.5 Å². The van der Waals surface area contributed by atoms with E-state index in [2.05, 4.69) is 11.6 Å². The first-order valence-electron chi connectivity index (χ1n) is 8.55. The van der Waals surface area contributed by atoms with E-state index in [0.29, 0.717) is 16.9 Å². The lowest BCUT2D eigenvalue weighted by Crippen LogP contribution is -2.21. The Bertz CT molecular complexity index is 872. The van der Waals surface area contributed by atoms with Gasteiger partial charge in [0, 0.05) is 12.5 Å². The Hall–Kier alpha value is -2.21. The minimum Gasteiger partial charge on any atom is -0.465 e. The summed E-state index contributed by atoms with van der Waals surface area (Å²) in [5.41, 5.74) is 1.43. The number of carbonyl (C=O) groups is 2. The second kappa shape index (κ2) is 7.78. The maximum Gasteiger partial charge on any atom is 0.337 e. The van der Waals surface area contributed by atoms with Crippen LogP contribution in [0.2, 0.25) is 0 Å². The molecule has 0 unspecified atom stereocenters. The average Bonchev–Trinajstić information content (AvgIpc) is 2.98. The van der Waals surface area contributed by atoms with Crippen LogP contribution in [0.15, 0.2) is 35.8 Å². The van der Waals surface area contributed by atoms with Crippen molar-refractivity contribution in [3.05, 3.63) is 41.2 Å². The first kappa shape index (κ1) is 17.6. The number of fused-ring (bicyclic) bond motifs is 1. The smallest absolute Gasteiger partial charge is 0.337 e. The van der Waals surface area contributed by atoms with E-state index in [4.69, 9.17) is 4.74 Å². The minimum absolute atomic E-state index is 0.0303. The monoisotopic (exact) mass is 358 g/mol. The second-order valence-corrected chi connectivity index (χ2v) is 7.25. The van der Waals surface area contributed by atoms with Crippen molar-refractivity contribution >= 4 is 33.4 Å². The van der Waals surface area contributed by atoms with Crippen LogP contribution in [0.4, 0.5) is 0 Å². The van der Waals surface area contributed by atoms with Crippen molar-refractivity contribution in [1.82, 2.24) is 4.57 Å². The molecule has 0 atom stereocenters. The number of allylic oxidation sites excluding steroid dienone is 1. The van der Waals surface area contributed by atoms with E-state index >= 15 is 0 Å². The third-order valence-electron chi connectivity index (χ3n) is 4.58. The number of carbonyl (C=O) groups excluding carboxylic acids is 2. The van der Waals surface area contributed by atoms with Crippen molar-refractivity contribution in [2.24, 2.45) is 10.9 Å². The van der Waals surface area contributed by atoms with Gasteiger partial charge in [0.15, 0.2) is 4.80 Å². The highest BCUT2D eigenvalue weighted by Crippen LogP contribution is 2.25. The number of benzene rings is 1. The molecule has 1 saturated carbocycles. The Balaban J connectivity index is 2.04. The average molecular weight is 358 g/mol. The van der Waals surface area contributed by atoms with Gasteiger partial charge in [0.25, 0.3) is 5.91 Å². The molecule has 132 valence electrons. The highest BCUT2D eigenvalue weighted by atomic mass is 32.1. The number of ether oxygens (including phenoxy) is 1. The fourth-order valence-electron chi connectivity index (χ4n) is 3.24. The lowest BCUT2D eigenvalue weighted by atomic mass is 9.89. The number of hydrogen-bond acceptors (Lipinski definition) is 4. The normalized spacial score (nSPS) is 16.1. The van der Waals surface area contributed by atoms with Gasteiger partial charge >= 0.3 is 5.97 Å². The van der Waals surface area contributed by atoms with Gasteiger partial charge in [-0.05, 0) is 31.0 Å². The molecule has 1 aliphatic rings. The van der Waals surface area contributed by atoms with E-state index in [1.807, 2.05) is 10.6 Å². The molecule has 1 amide bonds. The maximum absolute atomic E-state index is 12.5. The number of rotatable bonds is 4. The molecule has 1 heterocycles. The van der Waals surface area contributed by atoms with E-state index in [1.165, 1.54) is 24.9 Å². The lowest BCUT2D eigenvalue weighted by Gasteiger charge is -2.17. The van der Waals surface area contributed by atoms with Gasteiger partial charge in [-0.25, -0.2) is 4.79 Å². The van der Waals surface area contributed by atoms with Crippen molar-refractivity contribution in [2.75, 3.05) is 7.11 Å². The van der Waals surface area contributed by atoms with Gasteiger partial charge in [-0.2, -0.15) is 4.99 Å². The summed E-state index contributed by atoms with van der Waals surface area (Å²) in [5.74, 6) is -0.360.